The van der Waals surface area contributed by atoms with Gasteiger partial charge in [0.2, 0.25) is 17.7 Å². The number of hydrogen-bond donors (Lipinski definition) is 2. The smallest absolute Gasteiger partial charge is 0.248 e. The Morgan fingerprint density at radius 1 is 1.18 bits per heavy atom. The molecule has 39 heavy (non-hydrogen) atoms. The summed E-state index contributed by atoms with van der Waals surface area (Å²) in [5.74, 6) is -0.324. The highest BCUT2D eigenvalue weighted by Crippen LogP contribution is 2.41. The van der Waals surface area contributed by atoms with Gasteiger partial charge in [0.05, 0.1) is 29.6 Å². The number of hydrogen-bond acceptors (Lipinski definition) is 7. The van der Waals surface area contributed by atoms with Gasteiger partial charge in [-0.25, -0.2) is 4.68 Å². The first-order chi connectivity index (χ1) is 18.3. The van der Waals surface area contributed by atoms with Crippen molar-refractivity contribution in [3.63, 3.8) is 0 Å². The van der Waals surface area contributed by atoms with E-state index in [-0.39, 0.29) is 43.1 Å². The number of aliphatic hydroxyl groups excluding tert-OH is 1. The molecule has 2 aromatic rings. The summed E-state index contributed by atoms with van der Waals surface area (Å²) in [5, 5.41) is 26.7. The number of likely N-dealkylation sites (N-methyl/N-ethyl adjacent to an activating group) is 1. The Kier molecular flexibility index (Phi) is 6.80. The number of likely N-dealkylation sites (tertiary alicyclic amines) is 2. The first-order valence-electron chi connectivity index (χ1n) is 13.7. The molecule has 2 aromatic heterocycles. The van der Waals surface area contributed by atoms with Crippen molar-refractivity contribution < 1.29 is 19.5 Å². The molecule has 0 aromatic carbocycles. The molecule has 2 aliphatic heterocycles. The van der Waals surface area contributed by atoms with Crippen LogP contribution in [0.2, 0.25) is 0 Å². The number of amides is 3. The van der Waals surface area contributed by atoms with Crippen molar-refractivity contribution in [3.05, 3.63) is 28.8 Å². The summed E-state index contributed by atoms with van der Waals surface area (Å²) in [5.41, 5.74) is 3.02. The summed E-state index contributed by atoms with van der Waals surface area (Å²) in [7, 11) is 3.59. The Balaban J connectivity index is 1.39. The maximum atomic E-state index is 14.0. The van der Waals surface area contributed by atoms with Crippen LogP contribution in [0.5, 0.6) is 0 Å². The number of carbonyl (C=O) groups excluding carboxylic acids is 3. The molecule has 212 valence electrons. The second-order valence-electron chi connectivity index (χ2n) is 12.5. The van der Waals surface area contributed by atoms with E-state index in [1.165, 1.54) is 4.90 Å². The maximum absolute atomic E-state index is 14.0. The number of aromatic nitrogens is 5. The summed E-state index contributed by atoms with van der Waals surface area (Å²) in [6, 6.07) is -2.41. The Morgan fingerprint density at radius 3 is 2.46 bits per heavy atom. The van der Waals surface area contributed by atoms with E-state index in [4.69, 9.17) is 0 Å². The zero-order valence-electron chi connectivity index (χ0n) is 23.9. The lowest BCUT2D eigenvalue weighted by atomic mass is 9.85. The number of aryl methyl sites for hydroxylation is 2. The lowest BCUT2D eigenvalue weighted by Crippen LogP contribution is -2.52. The van der Waals surface area contributed by atoms with Crippen LogP contribution in [0.25, 0.3) is 0 Å². The van der Waals surface area contributed by atoms with Gasteiger partial charge in [-0.3, -0.25) is 19.1 Å². The number of aliphatic hydroxyl groups is 1. The molecule has 0 radical (unpaired) electrons. The van der Waals surface area contributed by atoms with Crippen LogP contribution in [0.3, 0.4) is 0 Å². The van der Waals surface area contributed by atoms with Crippen molar-refractivity contribution in [1.82, 2.24) is 39.9 Å². The SMILES string of the molecule is Cc1nn(C)c(C)c1[C@@H]1[C@@H](NC(=O)[C@@H]2C[C@@H](O)CN2C(=O)[C@@H](n2cc(C3CC3)nn2)C(C)(C)C)CC(=O)N1C. The minimum atomic E-state index is -0.860. The molecule has 12 nitrogen and oxygen atoms in total. The van der Waals surface area contributed by atoms with Crippen molar-refractivity contribution >= 4 is 17.7 Å². The molecule has 0 spiro atoms. The molecule has 5 rings (SSSR count). The van der Waals surface area contributed by atoms with E-state index in [0.717, 1.165) is 35.5 Å². The highest BCUT2D eigenvalue weighted by molar-refractivity contribution is 5.91. The van der Waals surface area contributed by atoms with Gasteiger partial charge < -0.3 is 20.2 Å². The second kappa shape index (κ2) is 9.72. The third-order valence-electron chi connectivity index (χ3n) is 8.48. The van der Waals surface area contributed by atoms with Crippen LogP contribution in [0.4, 0.5) is 0 Å². The predicted octanol–water partition coefficient (Wildman–Crippen LogP) is 1.14. The van der Waals surface area contributed by atoms with Gasteiger partial charge in [-0.05, 0) is 32.1 Å². The molecular weight excluding hydrogens is 500 g/mol. The van der Waals surface area contributed by atoms with E-state index < -0.39 is 29.6 Å². The van der Waals surface area contributed by atoms with Crippen LogP contribution < -0.4 is 5.32 Å². The maximum Gasteiger partial charge on any atom is 0.248 e. The van der Waals surface area contributed by atoms with E-state index in [9.17, 15) is 19.5 Å². The molecule has 5 atom stereocenters. The topological polar surface area (TPSA) is 138 Å². The number of rotatable bonds is 6. The summed E-state index contributed by atoms with van der Waals surface area (Å²) in [6.45, 7) is 9.78. The fourth-order valence-electron chi connectivity index (χ4n) is 6.22. The number of carbonyl (C=O) groups is 3. The lowest BCUT2D eigenvalue weighted by Gasteiger charge is -2.35. The van der Waals surface area contributed by atoms with E-state index in [1.807, 2.05) is 47.9 Å². The highest BCUT2D eigenvalue weighted by atomic mass is 16.3. The molecule has 3 fully saturated rings. The zero-order valence-corrected chi connectivity index (χ0v) is 23.9. The molecule has 2 saturated heterocycles. The van der Waals surface area contributed by atoms with Crippen LogP contribution >= 0.6 is 0 Å². The highest BCUT2D eigenvalue weighted by Gasteiger charge is 2.48. The van der Waals surface area contributed by atoms with Crippen LogP contribution in [0.15, 0.2) is 6.20 Å². The second-order valence-corrected chi connectivity index (χ2v) is 12.5. The van der Waals surface area contributed by atoms with E-state index in [0.29, 0.717) is 5.92 Å². The van der Waals surface area contributed by atoms with Crippen LogP contribution in [-0.4, -0.2) is 89.2 Å². The molecule has 1 aliphatic carbocycles. The Labute approximate surface area is 228 Å². The minimum absolute atomic E-state index is 0.0570. The number of nitrogens with one attached hydrogen (secondary N) is 1. The van der Waals surface area contributed by atoms with Crippen molar-refractivity contribution in [2.45, 2.75) is 96.5 Å². The standard InChI is InChI=1S/C27H40N8O4/c1-14-22(15(2)33(7)30-14)23-18(11-21(37)32(23)6)28-25(38)20-10-17(36)12-34(20)26(39)24(27(3,4)5)35-13-19(29-31-35)16-8-9-16/h13,16-18,20,23-24,36H,8-12H2,1-7H3,(H,28,38)/t17-,18+,20+,23+,24-/m1/s1. The average molecular weight is 541 g/mol. The van der Waals surface area contributed by atoms with Gasteiger partial charge in [0, 0.05) is 56.9 Å². The van der Waals surface area contributed by atoms with Crippen molar-refractivity contribution in [1.29, 1.82) is 0 Å². The van der Waals surface area contributed by atoms with Crippen LogP contribution in [0, 0.1) is 19.3 Å². The molecule has 0 unspecified atom stereocenters. The molecule has 2 N–H and O–H groups in total. The molecule has 1 saturated carbocycles. The van der Waals surface area contributed by atoms with Gasteiger partial charge in [0.1, 0.15) is 12.1 Å². The van der Waals surface area contributed by atoms with Gasteiger partial charge in [-0.15, -0.1) is 5.10 Å². The third kappa shape index (κ3) is 4.94. The quantitative estimate of drug-likeness (QED) is 0.560. The summed E-state index contributed by atoms with van der Waals surface area (Å²) >= 11 is 0. The zero-order chi connectivity index (χ0) is 28.4. The first kappa shape index (κ1) is 27.3. The molecule has 4 heterocycles. The number of nitrogens with zero attached hydrogens (tertiary/aromatic N) is 7. The number of β-amino-alcohol motifs (C(OH)–C–C–N with tert-alkyl or cyclic N) is 1. The monoisotopic (exact) mass is 540 g/mol. The van der Waals surface area contributed by atoms with Crippen molar-refractivity contribution in [2.75, 3.05) is 13.6 Å². The summed E-state index contributed by atoms with van der Waals surface area (Å²) in [4.78, 5) is 43.7. The fourth-order valence-corrected chi connectivity index (χ4v) is 6.22. The molecule has 12 heteroatoms. The largest absolute Gasteiger partial charge is 0.391 e. The Morgan fingerprint density at radius 2 is 1.87 bits per heavy atom. The van der Waals surface area contributed by atoms with Crippen molar-refractivity contribution in [2.24, 2.45) is 12.5 Å². The van der Waals surface area contributed by atoms with Gasteiger partial charge >= 0.3 is 0 Å². The van der Waals surface area contributed by atoms with E-state index in [2.05, 4.69) is 20.7 Å². The Bertz CT molecular complexity index is 1290. The Hall–Kier alpha value is -3.28. The van der Waals surface area contributed by atoms with Crippen LogP contribution in [-0.2, 0) is 21.4 Å². The molecule has 3 amide bonds. The van der Waals surface area contributed by atoms with E-state index in [1.54, 1.807) is 21.3 Å². The van der Waals surface area contributed by atoms with Gasteiger partial charge in [-0.1, -0.05) is 26.0 Å². The van der Waals surface area contributed by atoms with Crippen LogP contribution in [0.1, 0.15) is 87.1 Å². The first-order valence-corrected chi connectivity index (χ1v) is 13.7. The summed E-state index contributed by atoms with van der Waals surface area (Å²) < 4.78 is 3.39. The molecule has 3 aliphatic rings. The fraction of sp³-hybridized carbons (Fsp3) is 0.704. The molecule has 0 bridgehead atoms. The van der Waals surface area contributed by atoms with Gasteiger partial charge in [-0.2, -0.15) is 5.10 Å². The normalized spacial score (nSPS) is 26.4. The average Bonchev–Trinajstić information content (AvgIpc) is 3.24. The predicted molar refractivity (Wildman–Crippen MR) is 141 cm³/mol. The summed E-state index contributed by atoms with van der Waals surface area (Å²) in [6.07, 6.45) is 3.45. The molecular formula is C27H40N8O4. The van der Waals surface area contributed by atoms with E-state index >= 15 is 0 Å². The van der Waals surface area contributed by atoms with Gasteiger partial charge in [0.25, 0.3) is 0 Å². The minimum Gasteiger partial charge on any atom is -0.391 e. The van der Waals surface area contributed by atoms with Gasteiger partial charge in [0.15, 0.2) is 0 Å². The third-order valence-corrected chi connectivity index (χ3v) is 8.48. The van der Waals surface area contributed by atoms with Crippen molar-refractivity contribution in [3.8, 4) is 0 Å². The lowest BCUT2D eigenvalue weighted by molar-refractivity contribution is -0.144.